The summed E-state index contributed by atoms with van der Waals surface area (Å²) >= 11 is 0. The summed E-state index contributed by atoms with van der Waals surface area (Å²) in [6, 6.07) is 8.50. The molecule has 5 nitrogen and oxygen atoms in total. The van der Waals surface area contributed by atoms with Crippen LogP contribution < -0.4 is 5.32 Å². The van der Waals surface area contributed by atoms with Crippen LogP contribution in [0.25, 0.3) is 0 Å². The van der Waals surface area contributed by atoms with E-state index >= 15 is 0 Å². The van der Waals surface area contributed by atoms with Gasteiger partial charge in [-0.1, -0.05) is 18.2 Å². The average Bonchev–Trinajstić information content (AvgIpc) is 2.46. The Balaban J connectivity index is 2.05. The zero-order valence-corrected chi connectivity index (χ0v) is 13.5. The SMILES string of the molecule is CC(C)(C)OC(=O)C1CCCCN1C(=O)Nc1ccccc1. The largest absolute Gasteiger partial charge is 0.458 e. The lowest BCUT2D eigenvalue weighted by molar-refractivity contribution is -0.161. The summed E-state index contributed by atoms with van der Waals surface area (Å²) in [5.41, 5.74) is 0.178. The quantitative estimate of drug-likeness (QED) is 0.852. The molecule has 1 unspecified atom stereocenters. The van der Waals surface area contributed by atoms with Gasteiger partial charge in [-0.05, 0) is 52.2 Å². The zero-order valence-electron chi connectivity index (χ0n) is 13.5. The maximum Gasteiger partial charge on any atom is 0.329 e. The van der Waals surface area contributed by atoms with Crippen LogP contribution >= 0.6 is 0 Å². The first-order valence-corrected chi connectivity index (χ1v) is 7.72. The van der Waals surface area contributed by atoms with Gasteiger partial charge in [0.15, 0.2) is 0 Å². The third-order valence-electron chi connectivity index (χ3n) is 3.47. The molecule has 1 aromatic carbocycles. The second-order valence-electron chi connectivity index (χ2n) is 6.53. The molecule has 1 fully saturated rings. The van der Waals surface area contributed by atoms with Crippen molar-refractivity contribution in [1.29, 1.82) is 0 Å². The van der Waals surface area contributed by atoms with Gasteiger partial charge >= 0.3 is 12.0 Å². The molecule has 1 atom stereocenters. The molecule has 1 aromatic rings. The minimum atomic E-state index is -0.546. The lowest BCUT2D eigenvalue weighted by atomic mass is 10.0. The van der Waals surface area contributed by atoms with E-state index in [1.165, 1.54) is 0 Å². The van der Waals surface area contributed by atoms with Crippen molar-refractivity contribution in [2.24, 2.45) is 0 Å². The highest BCUT2D eigenvalue weighted by Crippen LogP contribution is 2.22. The molecular weight excluding hydrogens is 280 g/mol. The molecule has 120 valence electrons. The highest BCUT2D eigenvalue weighted by molar-refractivity contribution is 5.92. The van der Waals surface area contributed by atoms with Crippen molar-refractivity contribution in [2.45, 2.75) is 51.7 Å². The van der Waals surface area contributed by atoms with Gasteiger partial charge in [0, 0.05) is 12.2 Å². The maximum atomic E-state index is 12.5. The highest BCUT2D eigenvalue weighted by Gasteiger charge is 2.35. The third kappa shape index (κ3) is 4.48. The molecule has 0 radical (unpaired) electrons. The Morgan fingerprint density at radius 3 is 2.50 bits per heavy atom. The number of ether oxygens (including phenoxy) is 1. The monoisotopic (exact) mass is 304 g/mol. The summed E-state index contributed by atoms with van der Waals surface area (Å²) in [4.78, 5) is 26.4. The molecule has 2 amide bonds. The molecule has 2 rings (SSSR count). The van der Waals surface area contributed by atoms with E-state index in [4.69, 9.17) is 4.74 Å². The van der Waals surface area contributed by atoms with Gasteiger partial charge in [0.1, 0.15) is 11.6 Å². The number of hydrogen-bond donors (Lipinski definition) is 1. The van der Waals surface area contributed by atoms with E-state index in [0.29, 0.717) is 13.0 Å². The summed E-state index contributed by atoms with van der Waals surface area (Å²) in [5.74, 6) is -0.324. The van der Waals surface area contributed by atoms with Crippen LogP contribution in [-0.4, -0.2) is 35.1 Å². The van der Waals surface area contributed by atoms with Crippen LogP contribution in [0.4, 0.5) is 10.5 Å². The molecule has 1 heterocycles. The first-order valence-electron chi connectivity index (χ1n) is 7.72. The number of nitrogens with zero attached hydrogens (tertiary/aromatic N) is 1. The Morgan fingerprint density at radius 1 is 1.18 bits per heavy atom. The lowest BCUT2D eigenvalue weighted by Crippen LogP contribution is -2.51. The van der Waals surface area contributed by atoms with E-state index < -0.39 is 11.6 Å². The van der Waals surface area contributed by atoms with Crippen molar-refractivity contribution in [1.82, 2.24) is 4.90 Å². The fourth-order valence-electron chi connectivity index (χ4n) is 2.51. The van der Waals surface area contributed by atoms with E-state index in [1.54, 1.807) is 4.90 Å². The standard InChI is InChI=1S/C17H24N2O3/c1-17(2,3)22-15(20)14-11-7-8-12-19(14)16(21)18-13-9-5-4-6-10-13/h4-6,9-10,14H,7-8,11-12H2,1-3H3,(H,18,21). The molecule has 1 aliphatic rings. The molecule has 1 saturated heterocycles. The molecule has 0 aromatic heterocycles. The van der Waals surface area contributed by atoms with Crippen LogP contribution in [0.1, 0.15) is 40.0 Å². The number of hydrogen-bond acceptors (Lipinski definition) is 3. The highest BCUT2D eigenvalue weighted by atomic mass is 16.6. The van der Waals surface area contributed by atoms with Crippen LogP contribution in [0.2, 0.25) is 0 Å². The van der Waals surface area contributed by atoms with Crippen molar-refractivity contribution >= 4 is 17.7 Å². The number of anilines is 1. The van der Waals surface area contributed by atoms with E-state index in [0.717, 1.165) is 18.5 Å². The summed E-state index contributed by atoms with van der Waals surface area (Å²) < 4.78 is 5.45. The number of carbonyl (C=O) groups is 2. The number of benzene rings is 1. The predicted octanol–water partition coefficient (Wildman–Crippen LogP) is 3.41. The summed E-state index contributed by atoms with van der Waals surface area (Å²) in [7, 11) is 0. The van der Waals surface area contributed by atoms with E-state index in [2.05, 4.69) is 5.32 Å². The molecular formula is C17H24N2O3. The van der Waals surface area contributed by atoms with Gasteiger partial charge in [-0.25, -0.2) is 9.59 Å². The van der Waals surface area contributed by atoms with Crippen molar-refractivity contribution < 1.29 is 14.3 Å². The van der Waals surface area contributed by atoms with Crippen LogP contribution in [0, 0.1) is 0 Å². The number of urea groups is 1. The number of nitrogens with one attached hydrogen (secondary N) is 1. The average molecular weight is 304 g/mol. The van der Waals surface area contributed by atoms with E-state index in [1.807, 2.05) is 51.1 Å². The number of carbonyl (C=O) groups excluding carboxylic acids is 2. The molecule has 1 aliphatic heterocycles. The van der Waals surface area contributed by atoms with E-state index in [9.17, 15) is 9.59 Å². The molecule has 0 aliphatic carbocycles. The fraction of sp³-hybridized carbons (Fsp3) is 0.529. The minimum Gasteiger partial charge on any atom is -0.458 e. The Kier molecular flexibility index (Phi) is 5.06. The van der Waals surface area contributed by atoms with Gasteiger partial charge in [-0.2, -0.15) is 0 Å². The lowest BCUT2D eigenvalue weighted by Gasteiger charge is -2.35. The second-order valence-corrected chi connectivity index (χ2v) is 6.53. The number of para-hydroxylation sites is 1. The predicted molar refractivity (Wildman–Crippen MR) is 85.7 cm³/mol. The Labute approximate surface area is 131 Å². The van der Waals surface area contributed by atoms with Crippen LogP contribution in [0.3, 0.4) is 0 Å². The van der Waals surface area contributed by atoms with E-state index in [-0.39, 0.29) is 12.0 Å². The maximum absolute atomic E-state index is 12.5. The minimum absolute atomic E-state index is 0.248. The second kappa shape index (κ2) is 6.81. The fourth-order valence-corrected chi connectivity index (χ4v) is 2.51. The van der Waals surface area contributed by atoms with Crippen molar-refractivity contribution in [2.75, 3.05) is 11.9 Å². The number of amides is 2. The number of esters is 1. The van der Waals surface area contributed by atoms with Crippen LogP contribution in [-0.2, 0) is 9.53 Å². The van der Waals surface area contributed by atoms with Crippen LogP contribution in [0.15, 0.2) is 30.3 Å². The number of piperidine rings is 1. The Morgan fingerprint density at radius 2 is 1.86 bits per heavy atom. The molecule has 0 spiro atoms. The number of likely N-dealkylation sites (tertiary alicyclic amines) is 1. The molecule has 5 heteroatoms. The van der Waals surface area contributed by atoms with Crippen molar-refractivity contribution in [3.63, 3.8) is 0 Å². The van der Waals surface area contributed by atoms with Crippen molar-refractivity contribution in [3.8, 4) is 0 Å². The van der Waals surface area contributed by atoms with Gasteiger partial charge in [-0.15, -0.1) is 0 Å². The Hall–Kier alpha value is -2.04. The zero-order chi connectivity index (χ0) is 16.2. The first kappa shape index (κ1) is 16.3. The Bertz CT molecular complexity index is 522. The third-order valence-corrected chi connectivity index (χ3v) is 3.47. The van der Waals surface area contributed by atoms with Gasteiger partial charge in [0.05, 0.1) is 0 Å². The van der Waals surface area contributed by atoms with Crippen molar-refractivity contribution in [3.05, 3.63) is 30.3 Å². The normalized spacial score (nSPS) is 18.7. The van der Waals surface area contributed by atoms with Gasteiger partial charge in [0.25, 0.3) is 0 Å². The molecule has 0 saturated carbocycles. The van der Waals surface area contributed by atoms with Gasteiger partial charge in [0.2, 0.25) is 0 Å². The topological polar surface area (TPSA) is 58.6 Å². The van der Waals surface area contributed by atoms with Gasteiger partial charge in [-0.3, -0.25) is 0 Å². The smallest absolute Gasteiger partial charge is 0.329 e. The summed E-state index contributed by atoms with van der Waals surface area (Å²) in [6.45, 7) is 6.08. The molecule has 0 bridgehead atoms. The summed E-state index contributed by atoms with van der Waals surface area (Å²) in [5, 5.41) is 2.84. The number of rotatable bonds is 2. The van der Waals surface area contributed by atoms with Crippen LogP contribution in [0.5, 0.6) is 0 Å². The summed E-state index contributed by atoms with van der Waals surface area (Å²) in [6.07, 6.45) is 2.48. The molecule has 22 heavy (non-hydrogen) atoms. The van der Waals surface area contributed by atoms with Gasteiger partial charge < -0.3 is 15.0 Å². The molecule has 1 N–H and O–H groups in total. The first-order chi connectivity index (χ1) is 10.4.